The maximum absolute atomic E-state index is 12.1. The molecule has 1 aromatic rings. The maximum Gasteiger partial charge on any atom is 0.261 e. The minimum absolute atomic E-state index is 0.254. The van der Waals surface area contributed by atoms with Gasteiger partial charge in [0.15, 0.2) is 5.11 Å². The lowest BCUT2D eigenvalue weighted by Crippen LogP contribution is -2.39. The summed E-state index contributed by atoms with van der Waals surface area (Å²) < 4.78 is 5.69. The van der Waals surface area contributed by atoms with Gasteiger partial charge in [0.2, 0.25) is 0 Å². The highest BCUT2D eigenvalue weighted by Crippen LogP contribution is 2.18. The van der Waals surface area contributed by atoms with E-state index in [4.69, 9.17) is 17.0 Å². The van der Waals surface area contributed by atoms with Crippen molar-refractivity contribution in [1.82, 2.24) is 10.6 Å². The number of para-hydroxylation sites is 1. The first-order valence-electron chi connectivity index (χ1n) is 6.85. The number of hydrogen-bond acceptors (Lipinski definition) is 3. The Hall–Kier alpha value is -1.62. The molecule has 0 fully saturated rings. The highest BCUT2D eigenvalue weighted by molar-refractivity contribution is 7.80. The summed E-state index contributed by atoms with van der Waals surface area (Å²) in [5.41, 5.74) is 0.497. The molecule has 1 rings (SSSR count). The first-order chi connectivity index (χ1) is 9.54. The molecule has 0 aliphatic rings. The first-order valence-corrected chi connectivity index (χ1v) is 7.26. The molecule has 1 aromatic carbocycles. The fourth-order valence-corrected chi connectivity index (χ4v) is 1.80. The monoisotopic (exact) mass is 294 g/mol. The summed E-state index contributed by atoms with van der Waals surface area (Å²) >= 11 is 5.01. The second-order valence-electron chi connectivity index (χ2n) is 4.84. The van der Waals surface area contributed by atoms with Crippen LogP contribution in [0, 0.1) is 5.92 Å². The summed E-state index contributed by atoms with van der Waals surface area (Å²) in [5.74, 6) is 0.901. The van der Waals surface area contributed by atoms with Crippen molar-refractivity contribution < 1.29 is 9.53 Å². The standard InChI is InChI=1S/C15H22N2O2S/c1-4-16-15(20)17-14(18)12-7-5-6-8-13(12)19-10-9-11(2)3/h5-8,11H,4,9-10H2,1-3H3,(H2,16,17,18,20). The number of rotatable bonds is 6. The number of hydrogen-bond donors (Lipinski definition) is 2. The van der Waals surface area contributed by atoms with Gasteiger partial charge in [-0.1, -0.05) is 26.0 Å². The molecular weight excluding hydrogens is 272 g/mol. The molecule has 0 atom stereocenters. The van der Waals surface area contributed by atoms with E-state index in [1.165, 1.54) is 0 Å². The van der Waals surface area contributed by atoms with E-state index in [2.05, 4.69) is 24.5 Å². The molecule has 0 heterocycles. The first kappa shape index (κ1) is 16.4. The second kappa shape index (κ2) is 8.53. The molecule has 2 N–H and O–H groups in total. The molecule has 0 aliphatic carbocycles. The summed E-state index contributed by atoms with van der Waals surface area (Å²) in [5, 5.41) is 5.85. The lowest BCUT2D eigenvalue weighted by molar-refractivity contribution is 0.0972. The molecule has 20 heavy (non-hydrogen) atoms. The van der Waals surface area contributed by atoms with Crippen molar-refractivity contribution in [2.75, 3.05) is 13.2 Å². The minimum atomic E-state index is -0.254. The topological polar surface area (TPSA) is 50.4 Å². The molecule has 1 amide bonds. The van der Waals surface area contributed by atoms with Crippen molar-refractivity contribution in [3.63, 3.8) is 0 Å². The van der Waals surface area contributed by atoms with Crippen LogP contribution in [0.1, 0.15) is 37.6 Å². The minimum Gasteiger partial charge on any atom is -0.493 e. The lowest BCUT2D eigenvalue weighted by atomic mass is 10.1. The molecule has 0 radical (unpaired) electrons. The quantitative estimate of drug-likeness (QED) is 0.792. The Bertz CT molecular complexity index is 461. The summed E-state index contributed by atoms with van der Waals surface area (Å²) in [7, 11) is 0. The van der Waals surface area contributed by atoms with E-state index in [1.54, 1.807) is 18.2 Å². The Morgan fingerprint density at radius 3 is 2.70 bits per heavy atom. The highest BCUT2D eigenvalue weighted by atomic mass is 32.1. The molecule has 0 aliphatic heterocycles. The van der Waals surface area contributed by atoms with Crippen molar-refractivity contribution in [1.29, 1.82) is 0 Å². The number of carbonyl (C=O) groups is 1. The van der Waals surface area contributed by atoms with E-state index in [1.807, 2.05) is 13.0 Å². The van der Waals surface area contributed by atoms with Crippen LogP contribution in [-0.4, -0.2) is 24.2 Å². The van der Waals surface area contributed by atoms with Crippen LogP contribution in [-0.2, 0) is 0 Å². The smallest absolute Gasteiger partial charge is 0.261 e. The fraction of sp³-hybridized carbons (Fsp3) is 0.467. The SMILES string of the molecule is CCNC(=S)NC(=O)c1ccccc1OCCC(C)C. The molecule has 0 saturated carbocycles. The third-order valence-electron chi connectivity index (χ3n) is 2.65. The predicted molar refractivity (Wildman–Crippen MR) is 85.1 cm³/mol. The van der Waals surface area contributed by atoms with E-state index < -0.39 is 0 Å². The van der Waals surface area contributed by atoms with Gasteiger partial charge in [0.25, 0.3) is 5.91 Å². The molecule has 0 aromatic heterocycles. The number of nitrogens with one attached hydrogen (secondary N) is 2. The molecule has 0 bridgehead atoms. The van der Waals surface area contributed by atoms with Gasteiger partial charge in [0.1, 0.15) is 5.75 Å². The Morgan fingerprint density at radius 2 is 2.05 bits per heavy atom. The number of carbonyl (C=O) groups excluding carboxylic acids is 1. The van der Waals surface area contributed by atoms with Gasteiger partial charge in [-0.25, -0.2) is 0 Å². The zero-order chi connectivity index (χ0) is 15.0. The van der Waals surface area contributed by atoms with Crippen LogP contribution in [0.15, 0.2) is 24.3 Å². The number of benzene rings is 1. The zero-order valence-corrected chi connectivity index (χ0v) is 13.0. The molecule has 5 heteroatoms. The van der Waals surface area contributed by atoms with Crippen LogP contribution in [0.5, 0.6) is 5.75 Å². The summed E-state index contributed by atoms with van der Waals surface area (Å²) in [6.45, 7) is 7.46. The van der Waals surface area contributed by atoms with Crippen molar-refractivity contribution in [2.45, 2.75) is 27.2 Å². The molecule has 0 saturated heterocycles. The third kappa shape index (κ3) is 5.57. The Balaban J connectivity index is 2.68. The van der Waals surface area contributed by atoms with E-state index >= 15 is 0 Å². The average Bonchev–Trinajstić information content (AvgIpc) is 2.39. The molecule has 0 spiro atoms. The van der Waals surface area contributed by atoms with E-state index in [9.17, 15) is 4.79 Å². The van der Waals surface area contributed by atoms with Gasteiger partial charge < -0.3 is 10.1 Å². The predicted octanol–water partition coefficient (Wildman–Crippen LogP) is 2.74. The van der Waals surface area contributed by atoms with Gasteiger partial charge in [-0.3, -0.25) is 10.1 Å². The molecule has 0 unspecified atom stereocenters. The van der Waals surface area contributed by atoms with Crippen LogP contribution < -0.4 is 15.4 Å². The normalized spacial score (nSPS) is 10.2. The number of thiocarbonyl (C=S) groups is 1. The maximum atomic E-state index is 12.1. The van der Waals surface area contributed by atoms with Crippen molar-refractivity contribution in [3.05, 3.63) is 29.8 Å². The average molecular weight is 294 g/mol. The van der Waals surface area contributed by atoms with Crippen LogP contribution in [0.3, 0.4) is 0 Å². The zero-order valence-electron chi connectivity index (χ0n) is 12.2. The van der Waals surface area contributed by atoms with E-state index in [-0.39, 0.29) is 5.91 Å². The van der Waals surface area contributed by atoms with Crippen LogP contribution in [0.2, 0.25) is 0 Å². The largest absolute Gasteiger partial charge is 0.493 e. The number of amides is 1. The summed E-state index contributed by atoms with van der Waals surface area (Å²) in [4.78, 5) is 12.1. The Morgan fingerprint density at radius 1 is 1.35 bits per heavy atom. The van der Waals surface area contributed by atoms with Gasteiger partial charge in [-0.15, -0.1) is 0 Å². The van der Waals surface area contributed by atoms with Crippen molar-refractivity contribution in [3.8, 4) is 5.75 Å². The second-order valence-corrected chi connectivity index (χ2v) is 5.25. The van der Waals surface area contributed by atoms with Gasteiger partial charge >= 0.3 is 0 Å². The molecule has 110 valence electrons. The third-order valence-corrected chi connectivity index (χ3v) is 2.90. The molecular formula is C15H22N2O2S. The van der Waals surface area contributed by atoms with Crippen LogP contribution >= 0.6 is 12.2 Å². The lowest BCUT2D eigenvalue weighted by Gasteiger charge is -2.13. The summed E-state index contributed by atoms with van der Waals surface area (Å²) in [6, 6.07) is 7.19. The van der Waals surface area contributed by atoms with Crippen LogP contribution in [0.25, 0.3) is 0 Å². The Labute approximate surface area is 125 Å². The highest BCUT2D eigenvalue weighted by Gasteiger charge is 2.13. The number of ether oxygens (including phenoxy) is 1. The summed E-state index contributed by atoms with van der Waals surface area (Å²) in [6.07, 6.45) is 0.950. The van der Waals surface area contributed by atoms with Gasteiger partial charge in [0, 0.05) is 6.54 Å². The van der Waals surface area contributed by atoms with Crippen molar-refractivity contribution >= 4 is 23.2 Å². The molecule has 4 nitrogen and oxygen atoms in total. The Kier molecular flexibility index (Phi) is 7.01. The van der Waals surface area contributed by atoms with E-state index in [0.717, 1.165) is 6.42 Å². The van der Waals surface area contributed by atoms with Gasteiger partial charge in [-0.05, 0) is 43.6 Å². The van der Waals surface area contributed by atoms with Crippen molar-refractivity contribution in [2.24, 2.45) is 5.92 Å². The van der Waals surface area contributed by atoms with Gasteiger partial charge in [-0.2, -0.15) is 0 Å². The fourth-order valence-electron chi connectivity index (χ4n) is 1.56. The van der Waals surface area contributed by atoms with Crippen LogP contribution in [0.4, 0.5) is 0 Å². The van der Waals surface area contributed by atoms with Gasteiger partial charge in [0.05, 0.1) is 12.2 Å². The van der Waals surface area contributed by atoms with E-state index in [0.29, 0.717) is 35.5 Å².